The van der Waals surface area contributed by atoms with Gasteiger partial charge in [-0.1, -0.05) is 120 Å². The van der Waals surface area contributed by atoms with E-state index in [9.17, 15) is 9.59 Å². The van der Waals surface area contributed by atoms with Gasteiger partial charge in [0.25, 0.3) is 0 Å². The summed E-state index contributed by atoms with van der Waals surface area (Å²) in [6.45, 7) is 6.49. The number of aryl methyl sites for hydroxylation is 1. The minimum Gasteiger partial charge on any atom is -0.466 e. The van der Waals surface area contributed by atoms with Gasteiger partial charge in [-0.3, -0.25) is 9.59 Å². The first kappa shape index (κ1) is 33.6. The molecule has 1 N–H and O–H groups in total. The zero-order valence-corrected chi connectivity index (χ0v) is 24.3. The summed E-state index contributed by atoms with van der Waals surface area (Å²) in [4.78, 5) is 22.7. The number of ketones is 1. The lowest BCUT2D eigenvalue weighted by atomic mass is 10.0. The number of aliphatic hydroxyl groups excluding tert-OH is 1. The Morgan fingerprint density at radius 1 is 0.632 bits per heavy atom. The number of ether oxygens (including phenoxy) is 1. The minimum atomic E-state index is -0.259. The molecule has 0 aliphatic rings. The zero-order chi connectivity index (χ0) is 27.8. The third kappa shape index (κ3) is 17.1. The molecule has 0 saturated heterocycles. The van der Waals surface area contributed by atoms with Crippen LogP contribution < -0.4 is 0 Å². The molecule has 0 amide bonds. The summed E-state index contributed by atoms with van der Waals surface area (Å²) in [6, 6.07) is 16.3. The van der Waals surface area contributed by atoms with Crippen molar-refractivity contribution in [3.63, 3.8) is 0 Å². The van der Waals surface area contributed by atoms with E-state index in [1.54, 1.807) is 0 Å². The van der Waals surface area contributed by atoms with Gasteiger partial charge >= 0.3 is 5.97 Å². The topological polar surface area (TPSA) is 63.6 Å². The van der Waals surface area contributed by atoms with Crippen LogP contribution in [0.15, 0.2) is 48.5 Å². The van der Waals surface area contributed by atoms with Gasteiger partial charge in [0.1, 0.15) is 0 Å². The summed E-state index contributed by atoms with van der Waals surface area (Å²) in [6.07, 6.45) is 17.3. The second-order valence-electron chi connectivity index (χ2n) is 10.2. The van der Waals surface area contributed by atoms with Crippen molar-refractivity contribution in [2.24, 2.45) is 0 Å². The van der Waals surface area contributed by atoms with E-state index in [1.165, 1.54) is 82.3 Å². The van der Waals surface area contributed by atoms with Crippen LogP contribution in [0.5, 0.6) is 0 Å². The van der Waals surface area contributed by atoms with E-state index < -0.39 is 0 Å². The fraction of sp³-hybridized carbons (Fsp3) is 0.588. The highest BCUT2D eigenvalue weighted by Crippen LogP contribution is 2.13. The summed E-state index contributed by atoms with van der Waals surface area (Å²) in [7, 11) is 0. The lowest BCUT2D eigenvalue weighted by Gasteiger charge is -2.05. The molecule has 0 spiro atoms. The van der Waals surface area contributed by atoms with Crippen LogP contribution in [-0.4, -0.2) is 30.1 Å². The van der Waals surface area contributed by atoms with Gasteiger partial charge in [-0.15, -0.1) is 0 Å². The van der Waals surface area contributed by atoms with Gasteiger partial charge < -0.3 is 9.84 Å². The molecule has 4 nitrogen and oxygen atoms in total. The summed E-state index contributed by atoms with van der Waals surface area (Å²) >= 11 is 0. The smallest absolute Gasteiger partial charge is 0.302 e. The largest absolute Gasteiger partial charge is 0.466 e. The predicted molar refractivity (Wildman–Crippen MR) is 159 cm³/mol. The Morgan fingerprint density at radius 2 is 1.11 bits per heavy atom. The minimum absolute atomic E-state index is 0.220. The van der Waals surface area contributed by atoms with Crippen molar-refractivity contribution in [2.75, 3.05) is 13.2 Å². The lowest BCUT2D eigenvalue weighted by molar-refractivity contribution is -0.140. The highest BCUT2D eigenvalue weighted by molar-refractivity contribution is 5.96. The molecule has 0 bridgehead atoms. The fourth-order valence-corrected chi connectivity index (χ4v) is 4.31. The number of Topliss-reactive ketones (excluding diaryl/α,β-unsaturated/α-hetero) is 1. The Morgan fingerprint density at radius 3 is 1.66 bits per heavy atom. The second kappa shape index (κ2) is 22.5. The fourth-order valence-electron chi connectivity index (χ4n) is 4.31. The maximum atomic E-state index is 12.0. The Bertz CT molecular complexity index is 855. The number of unbranched alkanes of at least 4 members (excludes halogenated alkanes) is 9. The van der Waals surface area contributed by atoms with Gasteiger partial charge in [-0.05, 0) is 42.4 Å². The summed E-state index contributed by atoms with van der Waals surface area (Å²) in [5, 5.41) is 8.83. The van der Waals surface area contributed by atoms with Crippen LogP contribution in [0, 0.1) is 0 Å². The quantitative estimate of drug-likeness (QED) is 0.114. The van der Waals surface area contributed by atoms with Gasteiger partial charge in [0, 0.05) is 31.9 Å². The molecule has 212 valence electrons. The Kier molecular flexibility index (Phi) is 19.9. The molecule has 0 aliphatic heterocycles. The van der Waals surface area contributed by atoms with Crippen LogP contribution in [-0.2, 0) is 28.8 Å². The number of hydrogen-bond acceptors (Lipinski definition) is 4. The molecule has 2 aromatic rings. The normalized spacial score (nSPS) is 10.5. The average Bonchev–Trinajstić information content (AvgIpc) is 2.92. The Labute approximate surface area is 232 Å². The third-order valence-electron chi connectivity index (χ3n) is 6.72. The monoisotopic (exact) mass is 524 g/mol. The van der Waals surface area contributed by atoms with E-state index in [4.69, 9.17) is 9.84 Å². The number of carbonyl (C=O) groups is 2. The molecule has 0 unspecified atom stereocenters. The van der Waals surface area contributed by atoms with E-state index in [2.05, 4.69) is 38.1 Å². The molecule has 2 aromatic carbocycles. The lowest BCUT2D eigenvalue weighted by Crippen LogP contribution is -2.04. The van der Waals surface area contributed by atoms with Crippen molar-refractivity contribution >= 4 is 11.8 Å². The van der Waals surface area contributed by atoms with Gasteiger partial charge in [-0.2, -0.15) is 0 Å². The van der Waals surface area contributed by atoms with Crippen molar-refractivity contribution in [3.05, 3.63) is 70.8 Å². The van der Waals surface area contributed by atoms with E-state index >= 15 is 0 Å². The molecule has 0 atom stereocenters. The van der Waals surface area contributed by atoms with E-state index in [-0.39, 0.29) is 18.4 Å². The maximum absolute atomic E-state index is 12.0. The van der Waals surface area contributed by atoms with Crippen molar-refractivity contribution in [1.29, 1.82) is 0 Å². The molecule has 38 heavy (non-hydrogen) atoms. The number of benzene rings is 2. The van der Waals surface area contributed by atoms with E-state index in [1.807, 2.05) is 24.3 Å². The SMILES string of the molecule is CCCCCCCC(=O)c1ccc(CCOC(C)=O)cc1.CCCCCCCCc1ccc(CCO)cc1. The highest BCUT2D eigenvalue weighted by atomic mass is 16.5. The Balaban J connectivity index is 0.000000389. The van der Waals surface area contributed by atoms with Crippen LogP contribution in [0.3, 0.4) is 0 Å². The Hall–Kier alpha value is -2.46. The molecule has 0 aliphatic carbocycles. The molecule has 2 rings (SSSR count). The first-order valence-electron chi connectivity index (χ1n) is 14.9. The van der Waals surface area contributed by atoms with Gasteiger partial charge in [-0.25, -0.2) is 0 Å². The molecule has 0 heterocycles. The average molecular weight is 525 g/mol. The number of hydrogen-bond donors (Lipinski definition) is 1. The molecular formula is C34H52O4. The summed E-state index contributed by atoms with van der Waals surface area (Å²) in [5.41, 5.74) is 4.53. The van der Waals surface area contributed by atoms with Gasteiger partial charge in [0.15, 0.2) is 5.78 Å². The molecule has 0 aromatic heterocycles. The first-order chi connectivity index (χ1) is 18.5. The molecule has 0 saturated carbocycles. The number of rotatable bonds is 19. The van der Waals surface area contributed by atoms with Crippen molar-refractivity contribution in [2.45, 2.75) is 117 Å². The van der Waals surface area contributed by atoms with Crippen LogP contribution in [0.1, 0.15) is 125 Å². The standard InChI is InChI=1S/C18H26O3.C16H26O/c1-3-4-5-6-7-8-18(20)17-11-9-16(10-12-17)13-14-21-15(2)19;1-2-3-4-5-6-7-8-15-9-11-16(12-10-15)13-14-17/h9-12H,3-8,13-14H2,1-2H3;9-12,17H,2-8,13-14H2,1H3. The van der Waals surface area contributed by atoms with E-state index in [0.29, 0.717) is 19.4 Å². The number of aliphatic hydroxyl groups is 1. The van der Waals surface area contributed by atoms with Crippen LogP contribution in [0.25, 0.3) is 0 Å². The second-order valence-corrected chi connectivity index (χ2v) is 10.2. The summed E-state index contributed by atoms with van der Waals surface area (Å²) < 4.78 is 4.90. The third-order valence-corrected chi connectivity index (χ3v) is 6.72. The molecular weight excluding hydrogens is 472 g/mol. The van der Waals surface area contributed by atoms with Gasteiger partial charge in [0.05, 0.1) is 6.61 Å². The molecule has 4 heteroatoms. The van der Waals surface area contributed by atoms with Gasteiger partial charge in [0.2, 0.25) is 0 Å². The number of carbonyl (C=O) groups excluding carboxylic acids is 2. The van der Waals surface area contributed by atoms with Crippen LogP contribution in [0.2, 0.25) is 0 Å². The van der Waals surface area contributed by atoms with Crippen molar-refractivity contribution in [1.82, 2.24) is 0 Å². The molecule has 0 fully saturated rings. The number of esters is 1. The van der Waals surface area contributed by atoms with E-state index in [0.717, 1.165) is 30.4 Å². The highest BCUT2D eigenvalue weighted by Gasteiger charge is 2.06. The maximum Gasteiger partial charge on any atom is 0.302 e. The first-order valence-corrected chi connectivity index (χ1v) is 14.9. The van der Waals surface area contributed by atoms with Crippen molar-refractivity contribution in [3.8, 4) is 0 Å². The van der Waals surface area contributed by atoms with Crippen LogP contribution in [0.4, 0.5) is 0 Å². The predicted octanol–water partition coefficient (Wildman–Crippen LogP) is 8.46. The molecule has 0 radical (unpaired) electrons. The summed E-state index contributed by atoms with van der Waals surface area (Å²) in [5.74, 6) is -0.0390. The van der Waals surface area contributed by atoms with Crippen molar-refractivity contribution < 1.29 is 19.4 Å². The van der Waals surface area contributed by atoms with Crippen LogP contribution >= 0.6 is 0 Å². The zero-order valence-electron chi connectivity index (χ0n) is 24.3.